The summed E-state index contributed by atoms with van der Waals surface area (Å²) < 4.78 is 11.5. The van der Waals surface area contributed by atoms with Crippen LogP contribution in [0, 0.1) is 6.92 Å². The van der Waals surface area contributed by atoms with Gasteiger partial charge in [-0.1, -0.05) is 6.07 Å². The monoisotopic (exact) mass is 342 g/mol. The van der Waals surface area contributed by atoms with E-state index in [2.05, 4.69) is 9.97 Å². The van der Waals surface area contributed by atoms with Gasteiger partial charge in [-0.2, -0.15) is 0 Å². The van der Waals surface area contributed by atoms with Crippen molar-refractivity contribution < 1.29 is 13.6 Å². The Bertz CT molecular complexity index is 832. The van der Waals surface area contributed by atoms with Crippen LogP contribution in [0.2, 0.25) is 0 Å². The van der Waals surface area contributed by atoms with E-state index >= 15 is 0 Å². The van der Waals surface area contributed by atoms with Crippen molar-refractivity contribution in [1.82, 2.24) is 19.4 Å². The van der Waals surface area contributed by atoms with Crippen molar-refractivity contribution in [2.45, 2.75) is 33.0 Å². The molecule has 130 valence electrons. The maximum atomic E-state index is 12.7. The van der Waals surface area contributed by atoms with Gasteiger partial charge in [-0.05, 0) is 13.0 Å². The number of carbonyl (C=O) groups excluding carboxylic acids is 1. The summed E-state index contributed by atoms with van der Waals surface area (Å²) in [4.78, 5) is 34.3. The number of nitrogens with zero attached hydrogens (tertiary/aromatic N) is 4. The molecule has 25 heavy (non-hydrogen) atoms. The average molecular weight is 342 g/mol. The zero-order valence-corrected chi connectivity index (χ0v) is 13.8. The number of aryl methyl sites for hydroxylation is 1. The summed E-state index contributed by atoms with van der Waals surface area (Å²) in [6.45, 7) is 2.75. The van der Waals surface area contributed by atoms with Crippen LogP contribution < -0.4 is 5.56 Å². The van der Waals surface area contributed by atoms with Crippen molar-refractivity contribution in [3.05, 3.63) is 70.9 Å². The number of carbonyl (C=O) groups is 1. The van der Waals surface area contributed by atoms with Gasteiger partial charge in [0, 0.05) is 24.7 Å². The van der Waals surface area contributed by atoms with Gasteiger partial charge in [0.15, 0.2) is 12.8 Å². The molecule has 8 heteroatoms. The summed E-state index contributed by atoms with van der Waals surface area (Å²) in [6, 6.07) is 5.03. The van der Waals surface area contributed by atoms with Crippen molar-refractivity contribution in [3.63, 3.8) is 0 Å². The molecule has 3 heterocycles. The Morgan fingerprint density at radius 1 is 1.12 bits per heavy atom. The first-order chi connectivity index (χ1) is 12.1. The number of hydrogen-bond donors (Lipinski definition) is 0. The minimum absolute atomic E-state index is 0.110. The van der Waals surface area contributed by atoms with Gasteiger partial charge in [0.1, 0.15) is 12.5 Å². The van der Waals surface area contributed by atoms with Crippen LogP contribution in [0.4, 0.5) is 0 Å². The lowest BCUT2D eigenvalue weighted by Gasteiger charge is -2.21. The second-order valence-electron chi connectivity index (χ2n) is 5.62. The Hall–Kier alpha value is -3.16. The third kappa shape index (κ3) is 4.23. The Kier molecular flexibility index (Phi) is 5.08. The summed E-state index contributed by atoms with van der Waals surface area (Å²) >= 11 is 0. The number of oxazole rings is 2. The second kappa shape index (κ2) is 7.61. The van der Waals surface area contributed by atoms with Crippen LogP contribution in [-0.2, 0) is 24.4 Å². The molecule has 3 aromatic heterocycles. The highest BCUT2D eigenvalue weighted by atomic mass is 16.3. The standard InChI is InChI=1S/C17H18N4O4/c1-13-3-2-4-17(23)21(13)6-5-16(22)20(7-14-9-24-11-18-14)8-15-10-25-12-19-15/h2-4,9-12H,5-8H2,1H3. The van der Waals surface area contributed by atoms with Crippen LogP contribution in [0.15, 0.2) is 57.1 Å². The van der Waals surface area contributed by atoms with Gasteiger partial charge in [0.25, 0.3) is 5.56 Å². The van der Waals surface area contributed by atoms with Crippen LogP contribution in [0.5, 0.6) is 0 Å². The first-order valence-electron chi connectivity index (χ1n) is 7.82. The van der Waals surface area contributed by atoms with E-state index in [-0.39, 0.29) is 17.9 Å². The van der Waals surface area contributed by atoms with E-state index in [0.29, 0.717) is 31.0 Å². The molecule has 0 atom stereocenters. The SMILES string of the molecule is Cc1cccc(=O)n1CCC(=O)N(Cc1cocn1)Cc1cocn1. The van der Waals surface area contributed by atoms with E-state index in [1.54, 1.807) is 15.5 Å². The van der Waals surface area contributed by atoms with Crippen LogP contribution in [0.3, 0.4) is 0 Å². The van der Waals surface area contributed by atoms with E-state index in [0.717, 1.165) is 5.69 Å². The lowest BCUT2D eigenvalue weighted by Crippen LogP contribution is -2.32. The molecule has 0 bridgehead atoms. The maximum Gasteiger partial charge on any atom is 0.250 e. The highest BCUT2D eigenvalue weighted by molar-refractivity contribution is 5.76. The van der Waals surface area contributed by atoms with Gasteiger partial charge in [-0.25, -0.2) is 9.97 Å². The van der Waals surface area contributed by atoms with Crippen molar-refractivity contribution in [2.75, 3.05) is 0 Å². The molecular weight excluding hydrogens is 324 g/mol. The third-order valence-electron chi connectivity index (χ3n) is 3.84. The molecule has 0 aliphatic carbocycles. The summed E-state index contributed by atoms with van der Waals surface area (Å²) in [5.74, 6) is -0.110. The Labute approximate surface area is 143 Å². The molecule has 0 saturated heterocycles. The van der Waals surface area contributed by atoms with E-state index < -0.39 is 0 Å². The van der Waals surface area contributed by atoms with Gasteiger partial charge in [0.05, 0.1) is 24.5 Å². The average Bonchev–Trinajstić information content (AvgIpc) is 3.27. The van der Waals surface area contributed by atoms with Crippen molar-refractivity contribution >= 4 is 5.91 Å². The summed E-state index contributed by atoms with van der Waals surface area (Å²) in [6.07, 6.45) is 5.83. The molecule has 0 aliphatic heterocycles. The molecule has 1 amide bonds. The quantitative estimate of drug-likeness (QED) is 0.649. The van der Waals surface area contributed by atoms with Gasteiger partial charge >= 0.3 is 0 Å². The highest BCUT2D eigenvalue weighted by Crippen LogP contribution is 2.10. The molecule has 8 nitrogen and oxygen atoms in total. The van der Waals surface area contributed by atoms with Gasteiger partial charge < -0.3 is 18.3 Å². The highest BCUT2D eigenvalue weighted by Gasteiger charge is 2.17. The molecule has 3 aromatic rings. The fourth-order valence-electron chi connectivity index (χ4n) is 2.53. The Morgan fingerprint density at radius 2 is 1.76 bits per heavy atom. The summed E-state index contributed by atoms with van der Waals surface area (Å²) in [7, 11) is 0. The molecular formula is C17H18N4O4. The van der Waals surface area contributed by atoms with E-state index in [1.807, 2.05) is 13.0 Å². The molecule has 0 aliphatic rings. The predicted octanol–water partition coefficient (Wildman–Crippen LogP) is 1.75. The van der Waals surface area contributed by atoms with E-state index in [1.165, 1.54) is 31.4 Å². The fraction of sp³-hybridized carbons (Fsp3) is 0.294. The number of rotatable bonds is 7. The van der Waals surface area contributed by atoms with Crippen LogP contribution in [0.25, 0.3) is 0 Å². The molecule has 0 N–H and O–H groups in total. The molecule has 0 aromatic carbocycles. The van der Waals surface area contributed by atoms with E-state index in [9.17, 15) is 9.59 Å². The smallest absolute Gasteiger partial charge is 0.250 e. The molecule has 3 rings (SSSR count). The molecule has 0 fully saturated rings. The second-order valence-corrected chi connectivity index (χ2v) is 5.62. The van der Waals surface area contributed by atoms with Crippen LogP contribution >= 0.6 is 0 Å². The summed E-state index contributed by atoms with van der Waals surface area (Å²) in [5.41, 5.74) is 1.99. The van der Waals surface area contributed by atoms with Crippen molar-refractivity contribution in [1.29, 1.82) is 0 Å². The molecule has 0 spiro atoms. The zero-order chi connectivity index (χ0) is 17.6. The van der Waals surface area contributed by atoms with Crippen LogP contribution in [0.1, 0.15) is 23.5 Å². The van der Waals surface area contributed by atoms with Gasteiger partial charge in [-0.3, -0.25) is 9.59 Å². The van der Waals surface area contributed by atoms with Gasteiger partial charge in [0.2, 0.25) is 5.91 Å². The fourth-order valence-corrected chi connectivity index (χ4v) is 2.53. The minimum Gasteiger partial charge on any atom is -0.451 e. The number of pyridine rings is 1. The normalized spacial score (nSPS) is 10.8. The largest absolute Gasteiger partial charge is 0.451 e. The third-order valence-corrected chi connectivity index (χ3v) is 3.84. The maximum absolute atomic E-state index is 12.7. The topological polar surface area (TPSA) is 94.4 Å². The van der Waals surface area contributed by atoms with Crippen molar-refractivity contribution in [2.24, 2.45) is 0 Å². The Morgan fingerprint density at radius 3 is 2.28 bits per heavy atom. The molecule has 0 unspecified atom stereocenters. The van der Waals surface area contributed by atoms with Gasteiger partial charge in [-0.15, -0.1) is 0 Å². The minimum atomic E-state index is -0.118. The lowest BCUT2D eigenvalue weighted by atomic mass is 10.2. The van der Waals surface area contributed by atoms with Crippen LogP contribution in [-0.4, -0.2) is 25.3 Å². The molecule has 0 radical (unpaired) electrons. The van der Waals surface area contributed by atoms with E-state index in [4.69, 9.17) is 8.83 Å². The number of hydrogen-bond acceptors (Lipinski definition) is 6. The molecule has 0 saturated carbocycles. The van der Waals surface area contributed by atoms with Crippen molar-refractivity contribution in [3.8, 4) is 0 Å². The Balaban J connectivity index is 1.71. The first-order valence-corrected chi connectivity index (χ1v) is 7.82. The predicted molar refractivity (Wildman–Crippen MR) is 87.3 cm³/mol. The lowest BCUT2D eigenvalue weighted by molar-refractivity contribution is -0.132. The number of amides is 1. The zero-order valence-electron chi connectivity index (χ0n) is 13.8. The number of aromatic nitrogens is 3. The summed E-state index contributed by atoms with van der Waals surface area (Å²) in [5, 5.41) is 0. The first kappa shape index (κ1) is 16.7.